The van der Waals surface area contributed by atoms with Crippen LogP contribution in [0.5, 0.6) is 0 Å². The van der Waals surface area contributed by atoms with Gasteiger partial charge in [0, 0.05) is 19.4 Å². The molecular weight excluding hydrogens is 813 g/mol. The normalized spacial score (nSPS) is 12.2. The molecule has 0 bridgehead atoms. The predicted octanol–water partition coefficient (Wildman–Crippen LogP) is 20.4. The predicted molar refractivity (Wildman–Crippen MR) is 289 cm³/mol. The third-order valence-corrected chi connectivity index (χ3v) is 13.5. The van der Waals surface area contributed by atoms with E-state index >= 15 is 0 Å². The van der Waals surface area contributed by atoms with Crippen LogP contribution in [0.15, 0.2) is 24.3 Å². The fraction of sp³-hybridized carbons (Fsp3) is 0.902. The number of allylic oxidation sites excluding steroid dienone is 4. The van der Waals surface area contributed by atoms with Gasteiger partial charge in [0.15, 0.2) is 6.10 Å². The molecule has 390 valence electrons. The van der Waals surface area contributed by atoms with E-state index in [-0.39, 0.29) is 18.5 Å². The highest BCUT2D eigenvalue weighted by atomic mass is 16.6. The van der Waals surface area contributed by atoms with Crippen molar-refractivity contribution in [2.45, 2.75) is 335 Å². The van der Waals surface area contributed by atoms with E-state index in [1.807, 2.05) is 0 Å². The fourth-order valence-electron chi connectivity index (χ4n) is 8.97. The summed E-state index contributed by atoms with van der Waals surface area (Å²) < 4.78 is 17.5. The highest BCUT2D eigenvalue weighted by Crippen LogP contribution is 2.16. The number of esters is 2. The van der Waals surface area contributed by atoms with E-state index in [0.29, 0.717) is 26.1 Å². The van der Waals surface area contributed by atoms with Gasteiger partial charge in [-0.25, -0.2) is 0 Å². The van der Waals surface area contributed by atoms with E-state index in [1.165, 1.54) is 250 Å². The van der Waals surface area contributed by atoms with Crippen molar-refractivity contribution in [1.29, 1.82) is 0 Å². The number of unbranched alkanes of at least 4 members (excludes halogenated alkanes) is 41. The van der Waals surface area contributed by atoms with Gasteiger partial charge in [0.25, 0.3) is 0 Å². The minimum atomic E-state index is -0.534. The van der Waals surface area contributed by atoms with Crippen LogP contribution in [0.25, 0.3) is 0 Å². The smallest absolute Gasteiger partial charge is 0.306 e. The number of ether oxygens (including phenoxy) is 3. The van der Waals surface area contributed by atoms with Gasteiger partial charge in [-0.05, 0) is 70.6 Å². The molecule has 0 unspecified atom stereocenters. The summed E-state index contributed by atoms with van der Waals surface area (Å²) in [5.74, 6) is -0.385. The molecule has 5 nitrogen and oxygen atoms in total. The van der Waals surface area contributed by atoms with Crippen molar-refractivity contribution >= 4 is 11.9 Å². The minimum Gasteiger partial charge on any atom is -0.462 e. The summed E-state index contributed by atoms with van der Waals surface area (Å²) in [6, 6.07) is 0. The largest absolute Gasteiger partial charge is 0.462 e. The fourth-order valence-corrected chi connectivity index (χ4v) is 8.97. The van der Waals surface area contributed by atoms with Gasteiger partial charge in [0.2, 0.25) is 0 Å². The van der Waals surface area contributed by atoms with E-state index in [2.05, 4.69) is 45.1 Å². The Kier molecular flexibility index (Phi) is 56.3. The summed E-state index contributed by atoms with van der Waals surface area (Å²) in [6.07, 6.45) is 69.2. The molecule has 0 aromatic heterocycles. The summed E-state index contributed by atoms with van der Waals surface area (Å²) in [5, 5.41) is 0. The Hall–Kier alpha value is -1.62. The Morgan fingerprint density at radius 1 is 0.318 bits per heavy atom. The van der Waals surface area contributed by atoms with Crippen molar-refractivity contribution in [1.82, 2.24) is 0 Å². The van der Waals surface area contributed by atoms with Crippen LogP contribution in [0.3, 0.4) is 0 Å². The number of hydrogen-bond donors (Lipinski definition) is 0. The van der Waals surface area contributed by atoms with Crippen molar-refractivity contribution in [3.8, 4) is 0 Å². The minimum absolute atomic E-state index is 0.0889. The Morgan fingerprint density at radius 2 is 0.591 bits per heavy atom. The van der Waals surface area contributed by atoms with Crippen molar-refractivity contribution < 1.29 is 23.8 Å². The quantitative estimate of drug-likeness (QED) is 0.0345. The lowest BCUT2D eigenvalue weighted by Crippen LogP contribution is -2.30. The maximum Gasteiger partial charge on any atom is 0.306 e. The number of rotatable bonds is 56. The monoisotopic (exact) mass is 929 g/mol. The van der Waals surface area contributed by atoms with Crippen LogP contribution in [0.4, 0.5) is 0 Å². The van der Waals surface area contributed by atoms with Crippen molar-refractivity contribution in [2.75, 3.05) is 19.8 Å². The number of carbonyl (C=O) groups is 2. The second-order valence-corrected chi connectivity index (χ2v) is 20.3. The van der Waals surface area contributed by atoms with Crippen LogP contribution < -0.4 is 0 Å². The lowest BCUT2D eigenvalue weighted by molar-refractivity contribution is -0.163. The molecule has 0 spiro atoms. The Balaban J connectivity index is 4.18. The standard InChI is InChI=1S/C61H116O5/c1-4-7-10-13-16-19-22-25-28-29-30-31-32-33-35-36-39-42-45-48-51-54-60(62)65-58-59(57-64-56-53-50-47-44-41-38-27-24-21-18-15-12-9-6-3)66-61(63)55-52-49-46-43-40-37-34-26-23-20-17-14-11-8-5-2/h25-26,28,34,59H,4-24,27,29-33,35-58H2,1-3H3/b28-25-,34-26-/t59-/m1/s1. The van der Waals surface area contributed by atoms with Gasteiger partial charge in [-0.2, -0.15) is 0 Å². The highest BCUT2D eigenvalue weighted by Gasteiger charge is 2.17. The maximum absolute atomic E-state index is 12.8. The van der Waals surface area contributed by atoms with Crippen molar-refractivity contribution in [2.24, 2.45) is 0 Å². The Bertz CT molecular complexity index is 1010. The summed E-state index contributed by atoms with van der Waals surface area (Å²) in [7, 11) is 0. The Morgan fingerprint density at radius 3 is 0.924 bits per heavy atom. The first-order valence-corrected chi connectivity index (χ1v) is 29.9. The highest BCUT2D eigenvalue weighted by molar-refractivity contribution is 5.70. The van der Waals surface area contributed by atoms with E-state index < -0.39 is 6.10 Å². The van der Waals surface area contributed by atoms with Gasteiger partial charge in [-0.1, -0.05) is 270 Å². The molecule has 0 N–H and O–H groups in total. The zero-order valence-corrected chi connectivity index (χ0v) is 45.0. The van der Waals surface area contributed by atoms with E-state index in [1.54, 1.807) is 0 Å². The number of hydrogen-bond acceptors (Lipinski definition) is 5. The maximum atomic E-state index is 12.8. The molecule has 0 rings (SSSR count). The third kappa shape index (κ3) is 55.0. The first-order valence-electron chi connectivity index (χ1n) is 29.9. The average molecular weight is 930 g/mol. The van der Waals surface area contributed by atoms with Gasteiger partial charge in [0.05, 0.1) is 6.61 Å². The molecule has 0 amide bonds. The summed E-state index contributed by atoms with van der Waals surface area (Å²) in [4.78, 5) is 25.5. The molecule has 0 radical (unpaired) electrons. The van der Waals surface area contributed by atoms with Crippen LogP contribution >= 0.6 is 0 Å². The lowest BCUT2D eigenvalue weighted by Gasteiger charge is -2.18. The first kappa shape index (κ1) is 64.4. The van der Waals surface area contributed by atoms with Crippen LogP contribution in [0.2, 0.25) is 0 Å². The van der Waals surface area contributed by atoms with Gasteiger partial charge in [-0.3, -0.25) is 9.59 Å². The van der Waals surface area contributed by atoms with Crippen LogP contribution in [0, 0.1) is 0 Å². The van der Waals surface area contributed by atoms with Crippen molar-refractivity contribution in [3.63, 3.8) is 0 Å². The summed E-state index contributed by atoms with van der Waals surface area (Å²) in [6.45, 7) is 7.88. The molecule has 66 heavy (non-hydrogen) atoms. The first-order chi connectivity index (χ1) is 32.6. The van der Waals surface area contributed by atoms with Gasteiger partial charge >= 0.3 is 11.9 Å². The molecule has 0 saturated carbocycles. The molecule has 0 heterocycles. The molecule has 0 aromatic rings. The van der Waals surface area contributed by atoms with Gasteiger partial charge in [-0.15, -0.1) is 0 Å². The van der Waals surface area contributed by atoms with E-state index in [4.69, 9.17) is 14.2 Å². The third-order valence-electron chi connectivity index (χ3n) is 13.5. The second-order valence-electron chi connectivity index (χ2n) is 20.3. The molecule has 0 aromatic carbocycles. The summed E-state index contributed by atoms with van der Waals surface area (Å²) in [5.41, 5.74) is 0. The van der Waals surface area contributed by atoms with Crippen LogP contribution in [-0.2, 0) is 23.8 Å². The van der Waals surface area contributed by atoms with Crippen LogP contribution in [0.1, 0.15) is 329 Å². The number of carbonyl (C=O) groups excluding carboxylic acids is 2. The van der Waals surface area contributed by atoms with Crippen molar-refractivity contribution in [3.05, 3.63) is 24.3 Å². The molecule has 0 aliphatic rings. The van der Waals surface area contributed by atoms with E-state index in [0.717, 1.165) is 44.9 Å². The molecule has 5 heteroatoms. The van der Waals surface area contributed by atoms with Gasteiger partial charge < -0.3 is 14.2 Å². The second kappa shape index (κ2) is 57.7. The molecular formula is C61H116O5. The van der Waals surface area contributed by atoms with E-state index in [9.17, 15) is 9.59 Å². The zero-order valence-electron chi connectivity index (χ0n) is 45.0. The zero-order chi connectivity index (χ0) is 47.7. The SMILES string of the molecule is CCCCCCCC/C=C\CCCCCCCCCCCCCC(=O)OC[C@@H](COCCCCCCCCCCCCCCCC)OC(=O)CCCCCCC/C=C\CCCCCCCC. The molecule has 1 atom stereocenters. The Labute approximate surface area is 413 Å². The molecule has 0 saturated heterocycles. The topological polar surface area (TPSA) is 61.8 Å². The lowest BCUT2D eigenvalue weighted by atomic mass is 10.0. The molecule has 0 aliphatic carbocycles. The van der Waals surface area contributed by atoms with Gasteiger partial charge in [0.1, 0.15) is 6.61 Å². The average Bonchev–Trinajstić information content (AvgIpc) is 3.32. The molecule has 0 aliphatic heterocycles. The summed E-state index contributed by atoms with van der Waals surface area (Å²) >= 11 is 0. The van der Waals surface area contributed by atoms with Crippen LogP contribution in [-0.4, -0.2) is 37.9 Å². The molecule has 0 fully saturated rings.